The van der Waals surface area contributed by atoms with E-state index < -0.39 is 9.84 Å². The lowest BCUT2D eigenvalue weighted by molar-refractivity contribution is 0.398. The van der Waals surface area contributed by atoms with Gasteiger partial charge in [0.2, 0.25) is 0 Å². The molecular formula is C13H23N3O2S. The van der Waals surface area contributed by atoms with Crippen LogP contribution < -0.4 is 5.32 Å². The molecule has 2 atom stereocenters. The molecule has 0 aliphatic carbocycles. The molecule has 0 radical (unpaired) electrons. The predicted molar refractivity (Wildman–Crippen MR) is 75.8 cm³/mol. The van der Waals surface area contributed by atoms with E-state index in [2.05, 4.69) is 24.3 Å². The second-order valence-electron chi connectivity index (χ2n) is 5.26. The highest BCUT2D eigenvalue weighted by Gasteiger charge is 2.35. The summed E-state index contributed by atoms with van der Waals surface area (Å²) in [5, 5.41) is 7.92. The Labute approximate surface area is 115 Å². The summed E-state index contributed by atoms with van der Waals surface area (Å²) in [6, 6.07) is 0.103. The quantitative estimate of drug-likeness (QED) is 0.879. The highest BCUT2D eigenvalue weighted by molar-refractivity contribution is 7.91. The fourth-order valence-corrected chi connectivity index (χ4v) is 4.76. The first-order valence-corrected chi connectivity index (χ1v) is 8.75. The van der Waals surface area contributed by atoms with Crippen LogP contribution in [-0.2, 0) is 23.3 Å². The topological polar surface area (TPSA) is 64.0 Å². The molecular weight excluding hydrogens is 262 g/mol. The van der Waals surface area contributed by atoms with Gasteiger partial charge in [0.25, 0.3) is 0 Å². The van der Waals surface area contributed by atoms with Crippen molar-refractivity contribution in [3.05, 3.63) is 17.5 Å². The molecule has 19 heavy (non-hydrogen) atoms. The van der Waals surface area contributed by atoms with Crippen molar-refractivity contribution in [2.24, 2.45) is 13.0 Å². The molecule has 1 aliphatic heterocycles. The third kappa shape index (κ3) is 3.17. The SMILES string of the molecule is CCNC(c1cn(C)nc1CC)C1CCS(=O)(=O)C1. The molecule has 0 spiro atoms. The van der Waals surface area contributed by atoms with Gasteiger partial charge in [-0.1, -0.05) is 13.8 Å². The van der Waals surface area contributed by atoms with E-state index in [1.807, 2.05) is 17.9 Å². The lowest BCUT2D eigenvalue weighted by Crippen LogP contribution is -2.29. The minimum atomic E-state index is -2.85. The maximum atomic E-state index is 11.7. The standard InChI is InChI=1S/C13H23N3O2S/c1-4-12-11(8-16(3)15-12)13(14-5-2)10-6-7-19(17,18)9-10/h8,10,13-14H,4-7,9H2,1-3H3. The smallest absolute Gasteiger partial charge is 0.150 e. The maximum Gasteiger partial charge on any atom is 0.150 e. The van der Waals surface area contributed by atoms with Crippen molar-refractivity contribution in [1.29, 1.82) is 0 Å². The highest BCUT2D eigenvalue weighted by Crippen LogP contribution is 2.32. The van der Waals surface area contributed by atoms with Gasteiger partial charge in [0.15, 0.2) is 9.84 Å². The van der Waals surface area contributed by atoms with Crippen LogP contribution in [0.5, 0.6) is 0 Å². The van der Waals surface area contributed by atoms with Gasteiger partial charge in [0.1, 0.15) is 0 Å². The van der Waals surface area contributed by atoms with Gasteiger partial charge in [0.05, 0.1) is 17.2 Å². The van der Waals surface area contributed by atoms with Gasteiger partial charge in [-0.2, -0.15) is 5.10 Å². The summed E-state index contributed by atoms with van der Waals surface area (Å²) in [7, 11) is -0.933. The predicted octanol–water partition coefficient (Wildman–Crippen LogP) is 1.07. The van der Waals surface area contributed by atoms with Crippen LogP contribution in [0.4, 0.5) is 0 Å². The van der Waals surface area contributed by atoms with Crippen molar-refractivity contribution < 1.29 is 8.42 Å². The number of aryl methyl sites for hydroxylation is 2. The number of nitrogens with one attached hydrogen (secondary N) is 1. The van der Waals surface area contributed by atoms with Gasteiger partial charge in [-0.25, -0.2) is 8.42 Å². The second kappa shape index (κ2) is 5.63. The molecule has 1 aromatic heterocycles. The molecule has 0 aromatic carbocycles. The Morgan fingerprint density at radius 3 is 2.79 bits per heavy atom. The molecule has 2 unspecified atom stereocenters. The zero-order valence-electron chi connectivity index (χ0n) is 11.9. The van der Waals surface area contributed by atoms with Crippen molar-refractivity contribution in [3.8, 4) is 0 Å². The van der Waals surface area contributed by atoms with E-state index >= 15 is 0 Å². The van der Waals surface area contributed by atoms with Crippen molar-refractivity contribution >= 4 is 9.84 Å². The number of rotatable bonds is 5. The fourth-order valence-electron chi connectivity index (χ4n) is 2.92. The largest absolute Gasteiger partial charge is 0.310 e. The molecule has 1 aliphatic rings. The van der Waals surface area contributed by atoms with Gasteiger partial charge in [-0.15, -0.1) is 0 Å². The van der Waals surface area contributed by atoms with E-state index in [0.717, 1.165) is 30.6 Å². The molecule has 0 bridgehead atoms. The first-order valence-electron chi connectivity index (χ1n) is 6.93. The Morgan fingerprint density at radius 1 is 1.53 bits per heavy atom. The summed E-state index contributed by atoms with van der Waals surface area (Å²) < 4.78 is 25.2. The molecule has 2 heterocycles. The normalized spacial score (nSPS) is 23.6. The Balaban J connectivity index is 2.29. The molecule has 1 saturated heterocycles. The zero-order chi connectivity index (χ0) is 14.0. The molecule has 1 N–H and O–H groups in total. The Kier molecular flexibility index (Phi) is 4.30. The van der Waals surface area contributed by atoms with Crippen LogP contribution in [0.3, 0.4) is 0 Å². The fraction of sp³-hybridized carbons (Fsp3) is 0.769. The minimum Gasteiger partial charge on any atom is -0.310 e. The summed E-state index contributed by atoms with van der Waals surface area (Å²) >= 11 is 0. The third-order valence-electron chi connectivity index (χ3n) is 3.77. The molecule has 2 rings (SSSR count). The van der Waals surface area contributed by atoms with E-state index in [1.54, 1.807) is 0 Å². The number of hydrogen-bond acceptors (Lipinski definition) is 4. The molecule has 6 heteroatoms. The average molecular weight is 285 g/mol. The van der Waals surface area contributed by atoms with Crippen molar-refractivity contribution in [1.82, 2.24) is 15.1 Å². The monoisotopic (exact) mass is 285 g/mol. The first-order chi connectivity index (χ1) is 8.96. The maximum absolute atomic E-state index is 11.7. The van der Waals surface area contributed by atoms with Crippen molar-refractivity contribution in [2.75, 3.05) is 18.1 Å². The minimum absolute atomic E-state index is 0.103. The van der Waals surface area contributed by atoms with Gasteiger partial charge in [0, 0.05) is 24.8 Å². The van der Waals surface area contributed by atoms with Gasteiger partial charge in [-0.05, 0) is 25.3 Å². The first kappa shape index (κ1) is 14.5. The molecule has 0 amide bonds. The summed E-state index contributed by atoms with van der Waals surface area (Å²) in [6.07, 6.45) is 3.65. The Hall–Kier alpha value is -0.880. The van der Waals surface area contributed by atoms with Crippen molar-refractivity contribution in [2.45, 2.75) is 32.7 Å². The summed E-state index contributed by atoms with van der Waals surface area (Å²) in [5.74, 6) is 0.781. The molecule has 0 saturated carbocycles. The van der Waals surface area contributed by atoms with E-state index in [4.69, 9.17) is 0 Å². The van der Waals surface area contributed by atoms with Gasteiger partial charge in [-0.3, -0.25) is 4.68 Å². The zero-order valence-corrected chi connectivity index (χ0v) is 12.7. The summed E-state index contributed by atoms with van der Waals surface area (Å²) in [5.41, 5.74) is 2.23. The lowest BCUT2D eigenvalue weighted by Gasteiger charge is -2.23. The van der Waals surface area contributed by atoms with Crippen molar-refractivity contribution in [3.63, 3.8) is 0 Å². The van der Waals surface area contributed by atoms with Gasteiger partial charge >= 0.3 is 0 Å². The van der Waals surface area contributed by atoms with Crippen LogP contribution in [0, 0.1) is 5.92 Å². The van der Waals surface area contributed by atoms with E-state index in [0.29, 0.717) is 11.5 Å². The van der Waals surface area contributed by atoms with Gasteiger partial charge < -0.3 is 5.32 Å². The van der Waals surface area contributed by atoms with Crippen LogP contribution in [0.25, 0.3) is 0 Å². The average Bonchev–Trinajstić information content (AvgIpc) is 2.89. The number of hydrogen-bond donors (Lipinski definition) is 1. The lowest BCUT2D eigenvalue weighted by atomic mass is 9.92. The molecule has 1 aromatic rings. The Morgan fingerprint density at radius 2 is 2.26 bits per heavy atom. The number of nitrogens with zero attached hydrogens (tertiary/aromatic N) is 2. The van der Waals surface area contributed by atoms with E-state index in [9.17, 15) is 8.42 Å². The van der Waals surface area contributed by atoms with E-state index in [-0.39, 0.29) is 12.0 Å². The van der Waals surface area contributed by atoms with E-state index in [1.165, 1.54) is 0 Å². The summed E-state index contributed by atoms with van der Waals surface area (Å²) in [4.78, 5) is 0. The Bertz CT molecular complexity index is 536. The summed E-state index contributed by atoms with van der Waals surface area (Å²) in [6.45, 7) is 4.97. The highest BCUT2D eigenvalue weighted by atomic mass is 32.2. The van der Waals surface area contributed by atoms with Crippen LogP contribution >= 0.6 is 0 Å². The number of aromatic nitrogens is 2. The molecule has 108 valence electrons. The van der Waals surface area contributed by atoms with Crippen LogP contribution in [0.2, 0.25) is 0 Å². The van der Waals surface area contributed by atoms with Crippen LogP contribution in [0.1, 0.15) is 37.6 Å². The molecule has 1 fully saturated rings. The molecule has 5 nitrogen and oxygen atoms in total. The number of sulfone groups is 1. The second-order valence-corrected chi connectivity index (χ2v) is 7.49. The van der Waals surface area contributed by atoms with Crippen LogP contribution in [0.15, 0.2) is 6.20 Å². The third-order valence-corrected chi connectivity index (χ3v) is 5.56. The van der Waals surface area contributed by atoms with Crippen LogP contribution in [-0.4, -0.2) is 36.2 Å².